The normalized spacial score (nSPS) is 12.6. The third kappa shape index (κ3) is 2.46. The van der Waals surface area contributed by atoms with Crippen molar-refractivity contribution in [1.29, 1.82) is 0 Å². The van der Waals surface area contributed by atoms with Crippen LogP contribution in [0.2, 0.25) is 0 Å². The van der Waals surface area contributed by atoms with Gasteiger partial charge in [-0.15, -0.1) is 11.3 Å². The van der Waals surface area contributed by atoms with Gasteiger partial charge in [-0.2, -0.15) is 0 Å². The van der Waals surface area contributed by atoms with Crippen LogP contribution >= 0.6 is 11.3 Å². The van der Waals surface area contributed by atoms with Gasteiger partial charge in [0.25, 0.3) is 0 Å². The molecule has 4 heteroatoms. The number of thiazole rings is 1. The summed E-state index contributed by atoms with van der Waals surface area (Å²) in [7, 11) is 1.99. The molecule has 2 heterocycles. The van der Waals surface area contributed by atoms with Gasteiger partial charge in [-0.3, -0.25) is 9.97 Å². The highest BCUT2D eigenvalue weighted by atomic mass is 32.1. The Hall–Kier alpha value is -1.26. The number of hydrogen-bond donors (Lipinski definition) is 1. The molecule has 1 N–H and O–H groups in total. The van der Waals surface area contributed by atoms with Gasteiger partial charge in [-0.25, -0.2) is 0 Å². The zero-order valence-electron chi connectivity index (χ0n) is 9.47. The van der Waals surface area contributed by atoms with E-state index in [1.54, 1.807) is 11.3 Å². The summed E-state index contributed by atoms with van der Waals surface area (Å²) < 4.78 is 0. The predicted molar refractivity (Wildman–Crippen MR) is 66.6 cm³/mol. The van der Waals surface area contributed by atoms with Crippen LogP contribution in [-0.4, -0.2) is 17.0 Å². The molecule has 0 radical (unpaired) electrons. The second-order valence-corrected chi connectivity index (χ2v) is 4.72. The Morgan fingerprint density at radius 1 is 1.38 bits per heavy atom. The molecule has 0 saturated heterocycles. The molecule has 1 atom stereocenters. The van der Waals surface area contributed by atoms with Crippen molar-refractivity contribution in [2.75, 3.05) is 7.05 Å². The second-order valence-electron chi connectivity index (χ2n) is 3.75. The van der Waals surface area contributed by atoms with Gasteiger partial charge in [0.1, 0.15) is 0 Å². The van der Waals surface area contributed by atoms with E-state index in [1.165, 1.54) is 16.0 Å². The summed E-state index contributed by atoms with van der Waals surface area (Å²) in [5, 5.41) is 3.35. The zero-order valence-corrected chi connectivity index (χ0v) is 10.3. The number of aryl methyl sites for hydroxylation is 1. The van der Waals surface area contributed by atoms with Crippen molar-refractivity contribution in [2.45, 2.75) is 19.4 Å². The molecule has 0 saturated carbocycles. The van der Waals surface area contributed by atoms with Crippen LogP contribution in [0, 0.1) is 6.92 Å². The molecule has 0 amide bonds. The third-order valence-corrected chi connectivity index (χ3v) is 3.48. The fraction of sp³-hybridized carbons (Fsp3) is 0.333. The molecule has 0 bridgehead atoms. The predicted octanol–water partition coefficient (Wildman–Crippen LogP) is 2.35. The van der Waals surface area contributed by atoms with Gasteiger partial charge in [0.15, 0.2) is 0 Å². The van der Waals surface area contributed by atoms with Crippen molar-refractivity contribution < 1.29 is 0 Å². The Kier molecular flexibility index (Phi) is 3.64. The highest BCUT2D eigenvalue weighted by Crippen LogP contribution is 2.22. The van der Waals surface area contributed by atoms with Crippen LogP contribution in [0.1, 0.15) is 22.0 Å². The molecule has 0 aliphatic heterocycles. The SMILES string of the molecule is CNC(Cc1cncs1)c1ccncc1C. The third-order valence-electron chi connectivity index (χ3n) is 2.68. The van der Waals surface area contributed by atoms with E-state index in [2.05, 4.69) is 28.3 Å². The summed E-state index contributed by atoms with van der Waals surface area (Å²) in [6.07, 6.45) is 6.67. The van der Waals surface area contributed by atoms with E-state index in [1.807, 2.05) is 31.1 Å². The van der Waals surface area contributed by atoms with Crippen LogP contribution in [0.5, 0.6) is 0 Å². The lowest BCUT2D eigenvalue weighted by molar-refractivity contribution is 0.592. The molecule has 16 heavy (non-hydrogen) atoms. The Bertz CT molecular complexity index is 439. The lowest BCUT2D eigenvalue weighted by Gasteiger charge is -2.17. The molecule has 2 aromatic heterocycles. The van der Waals surface area contributed by atoms with Gasteiger partial charge in [0, 0.05) is 35.9 Å². The molecule has 3 nitrogen and oxygen atoms in total. The van der Waals surface area contributed by atoms with Gasteiger partial charge in [0.2, 0.25) is 0 Å². The van der Waals surface area contributed by atoms with E-state index in [4.69, 9.17) is 0 Å². The minimum Gasteiger partial charge on any atom is -0.313 e. The summed E-state index contributed by atoms with van der Waals surface area (Å²) >= 11 is 1.70. The molecule has 0 aliphatic rings. The van der Waals surface area contributed by atoms with Gasteiger partial charge >= 0.3 is 0 Å². The quantitative estimate of drug-likeness (QED) is 0.881. The first-order valence-corrected chi connectivity index (χ1v) is 6.14. The number of pyridine rings is 1. The maximum Gasteiger partial charge on any atom is 0.0794 e. The maximum absolute atomic E-state index is 4.12. The lowest BCUT2D eigenvalue weighted by Crippen LogP contribution is -2.19. The van der Waals surface area contributed by atoms with Crippen LogP contribution in [-0.2, 0) is 6.42 Å². The second kappa shape index (κ2) is 5.18. The fourth-order valence-electron chi connectivity index (χ4n) is 1.79. The minimum absolute atomic E-state index is 0.337. The summed E-state index contributed by atoms with van der Waals surface area (Å²) in [5.41, 5.74) is 4.42. The van der Waals surface area contributed by atoms with E-state index in [0.29, 0.717) is 6.04 Å². The van der Waals surface area contributed by atoms with E-state index < -0.39 is 0 Å². The van der Waals surface area contributed by atoms with Crippen LogP contribution < -0.4 is 5.32 Å². The van der Waals surface area contributed by atoms with E-state index in [9.17, 15) is 0 Å². The largest absolute Gasteiger partial charge is 0.313 e. The number of rotatable bonds is 4. The fourth-order valence-corrected chi connectivity index (χ4v) is 2.43. The smallest absolute Gasteiger partial charge is 0.0794 e. The Balaban J connectivity index is 2.20. The average molecular weight is 233 g/mol. The molecular weight excluding hydrogens is 218 g/mol. The maximum atomic E-state index is 4.12. The summed E-state index contributed by atoms with van der Waals surface area (Å²) in [4.78, 5) is 9.53. The first-order valence-electron chi connectivity index (χ1n) is 5.26. The summed E-state index contributed by atoms with van der Waals surface area (Å²) in [5.74, 6) is 0. The van der Waals surface area contributed by atoms with Gasteiger partial charge in [0.05, 0.1) is 5.51 Å². The van der Waals surface area contributed by atoms with Gasteiger partial charge in [-0.1, -0.05) is 0 Å². The highest BCUT2D eigenvalue weighted by Gasteiger charge is 2.12. The van der Waals surface area contributed by atoms with Crippen LogP contribution in [0.4, 0.5) is 0 Å². The lowest BCUT2D eigenvalue weighted by atomic mass is 10.0. The molecule has 2 rings (SSSR count). The van der Waals surface area contributed by atoms with Crippen molar-refractivity contribution in [3.8, 4) is 0 Å². The first kappa shape index (κ1) is 11.2. The van der Waals surface area contributed by atoms with Crippen molar-refractivity contribution in [1.82, 2.24) is 15.3 Å². The number of aromatic nitrogens is 2. The van der Waals surface area contributed by atoms with Crippen molar-refractivity contribution in [3.05, 3.63) is 46.2 Å². The molecule has 84 valence electrons. The topological polar surface area (TPSA) is 37.8 Å². The van der Waals surface area contributed by atoms with E-state index >= 15 is 0 Å². The molecular formula is C12H15N3S. The number of hydrogen-bond acceptors (Lipinski definition) is 4. The molecule has 2 aromatic rings. The molecule has 0 fully saturated rings. The number of nitrogens with zero attached hydrogens (tertiary/aromatic N) is 2. The van der Waals surface area contributed by atoms with Crippen molar-refractivity contribution in [3.63, 3.8) is 0 Å². The standard InChI is InChI=1S/C12H15N3S/c1-9-6-14-4-3-11(9)12(13-2)5-10-7-15-8-16-10/h3-4,6-8,12-13H,5H2,1-2H3. The highest BCUT2D eigenvalue weighted by molar-refractivity contribution is 7.09. The summed E-state index contributed by atoms with van der Waals surface area (Å²) in [6.45, 7) is 2.10. The molecule has 0 aromatic carbocycles. The number of likely N-dealkylation sites (N-methyl/N-ethyl adjacent to an activating group) is 1. The monoisotopic (exact) mass is 233 g/mol. The van der Waals surface area contributed by atoms with Gasteiger partial charge in [-0.05, 0) is 31.2 Å². The first-order chi connectivity index (χ1) is 7.81. The zero-order chi connectivity index (χ0) is 11.4. The molecule has 0 aliphatic carbocycles. The van der Waals surface area contributed by atoms with Gasteiger partial charge < -0.3 is 5.32 Å². The van der Waals surface area contributed by atoms with Crippen LogP contribution in [0.3, 0.4) is 0 Å². The van der Waals surface area contributed by atoms with Crippen LogP contribution in [0.25, 0.3) is 0 Å². The Labute approximate surface area is 99.6 Å². The summed E-state index contributed by atoms with van der Waals surface area (Å²) in [6, 6.07) is 2.42. The van der Waals surface area contributed by atoms with Crippen molar-refractivity contribution >= 4 is 11.3 Å². The molecule has 0 spiro atoms. The minimum atomic E-state index is 0.337. The van der Waals surface area contributed by atoms with E-state index in [0.717, 1.165) is 6.42 Å². The Morgan fingerprint density at radius 3 is 2.88 bits per heavy atom. The van der Waals surface area contributed by atoms with E-state index in [-0.39, 0.29) is 0 Å². The number of nitrogens with one attached hydrogen (secondary N) is 1. The Morgan fingerprint density at radius 2 is 2.25 bits per heavy atom. The average Bonchev–Trinajstić information content (AvgIpc) is 2.80. The molecule has 1 unspecified atom stereocenters. The van der Waals surface area contributed by atoms with Crippen LogP contribution in [0.15, 0.2) is 30.2 Å². The van der Waals surface area contributed by atoms with Crippen molar-refractivity contribution in [2.24, 2.45) is 0 Å².